The molecule has 1 aliphatic carbocycles. The molecule has 6 rings (SSSR count). The van der Waals surface area contributed by atoms with Gasteiger partial charge in [-0.1, -0.05) is 11.6 Å². The van der Waals surface area contributed by atoms with E-state index in [0.717, 1.165) is 54.1 Å². The third kappa shape index (κ3) is 4.42. The third-order valence-corrected chi connectivity index (χ3v) is 8.47. The van der Waals surface area contributed by atoms with Crippen molar-refractivity contribution in [1.29, 1.82) is 0 Å². The van der Waals surface area contributed by atoms with Gasteiger partial charge in [0.1, 0.15) is 17.0 Å². The van der Waals surface area contributed by atoms with E-state index in [4.69, 9.17) is 16.6 Å². The minimum Gasteiger partial charge on any atom is -0.477 e. The lowest BCUT2D eigenvalue weighted by atomic mass is 9.97. The van der Waals surface area contributed by atoms with Crippen LogP contribution in [0.5, 0.6) is 0 Å². The number of carboxylic acids is 1. The molecule has 0 bridgehead atoms. The van der Waals surface area contributed by atoms with Gasteiger partial charge in [-0.3, -0.25) is 9.78 Å². The fourth-order valence-electron chi connectivity index (χ4n) is 6.34. The highest BCUT2D eigenvalue weighted by Gasteiger charge is 2.35. The van der Waals surface area contributed by atoms with Crippen LogP contribution in [0, 0.1) is 11.7 Å². The molecule has 1 saturated heterocycles. The predicted octanol–water partition coefficient (Wildman–Crippen LogP) is 4.49. The minimum absolute atomic E-state index is 0.0543. The molecule has 0 spiro atoms. The lowest BCUT2D eigenvalue weighted by Gasteiger charge is -2.26. The maximum atomic E-state index is 15.1. The molecule has 2 N–H and O–H groups in total. The summed E-state index contributed by atoms with van der Waals surface area (Å²) in [5.41, 5.74) is 5.44. The molecule has 4 heterocycles. The SMILES string of the molecule is CNc1cc(F)c(Cl)c2c1Cc1ncc(-c3cnc4c(c3)c(=O)c(C(=O)O)cn4C)c(N3CCC(CN(C)C)C3)c1-2. The normalized spacial score (nSPS) is 16.0. The van der Waals surface area contributed by atoms with Crippen LogP contribution in [0.25, 0.3) is 33.3 Å². The number of hydrogen-bond acceptors (Lipinski definition) is 7. The third-order valence-electron chi connectivity index (χ3n) is 8.10. The highest BCUT2D eigenvalue weighted by molar-refractivity contribution is 6.34. The second-order valence-corrected chi connectivity index (χ2v) is 11.5. The molecule has 4 aromatic rings. The fraction of sp³-hybridized carbons (Fsp3) is 0.333. The number of carbonyl (C=O) groups is 1. The molecule has 41 heavy (non-hydrogen) atoms. The molecule has 11 heteroatoms. The first kappa shape index (κ1) is 27.2. The molecular formula is C30H30ClFN6O3. The molecule has 3 aromatic heterocycles. The van der Waals surface area contributed by atoms with E-state index in [2.05, 4.69) is 34.2 Å². The molecular weight excluding hydrogens is 547 g/mol. The first-order valence-electron chi connectivity index (χ1n) is 13.4. The maximum absolute atomic E-state index is 15.1. The van der Waals surface area contributed by atoms with Gasteiger partial charge in [-0.15, -0.1) is 0 Å². The van der Waals surface area contributed by atoms with Crippen molar-refractivity contribution in [1.82, 2.24) is 19.4 Å². The Labute approximate surface area is 241 Å². The second kappa shape index (κ2) is 10.1. The molecule has 2 aliphatic rings. The summed E-state index contributed by atoms with van der Waals surface area (Å²) in [7, 11) is 7.53. The summed E-state index contributed by atoms with van der Waals surface area (Å²) in [6, 6.07) is 3.10. The number of halogens is 2. The minimum atomic E-state index is -1.30. The van der Waals surface area contributed by atoms with Crippen LogP contribution >= 0.6 is 11.6 Å². The summed E-state index contributed by atoms with van der Waals surface area (Å²) < 4.78 is 16.6. The van der Waals surface area contributed by atoms with E-state index in [1.54, 1.807) is 32.6 Å². The standard InChI is InChI=1S/C30H30ClFN6O3/c1-33-22-9-21(32)26(31)24-17(22)8-23-25(24)27(38-6-5-15(13-38)12-36(2)3)19(11-34-23)16-7-18-28(39)20(30(40)41)14-37(4)29(18)35-10-16/h7,9-11,14-15,33H,5-6,8,12-13H2,1-4H3,(H,40,41). The number of pyridine rings is 3. The topological polar surface area (TPSA) is 104 Å². The van der Waals surface area contributed by atoms with E-state index in [0.29, 0.717) is 34.8 Å². The summed E-state index contributed by atoms with van der Waals surface area (Å²) in [5.74, 6) is -1.38. The van der Waals surface area contributed by atoms with Crippen molar-refractivity contribution in [3.63, 3.8) is 0 Å². The molecule has 1 unspecified atom stereocenters. The van der Waals surface area contributed by atoms with E-state index in [-0.39, 0.29) is 16.0 Å². The average molecular weight is 577 g/mol. The number of benzene rings is 1. The molecule has 1 atom stereocenters. The first-order chi connectivity index (χ1) is 19.6. The van der Waals surface area contributed by atoms with E-state index < -0.39 is 17.2 Å². The van der Waals surface area contributed by atoms with Gasteiger partial charge < -0.3 is 24.8 Å². The van der Waals surface area contributed by atoms with E-state index in [9.17, 15) is 14.7 Å². The van der Waals surface area contributed by atoms with Crippen LogP contribution in [0.4, 0.5) is 15.8 Å². The van der Waals surface area contributed by atoms with Crippen LogP contribution in [0.2, 0.25) is 5.02 Å². The van der Waals surface area contributed by atoms with Crippen molar-refractivity contribution in [2.75, 3.05) is 51.0 Å². The predicted molar refractivity (Wildman–Crippen MR) is 159 cm³/mol. The monoisotopic (exact) mass is 576 g/mol. The largest absolute Gasteiger partial charge is 0.477 e. The average Bonchev–Trinajstić information content (AvgIpc) is 3.56. The van der Waals surface area contributed by atoms with Crippen molar-refractivity contribution >= 4 is 40.0 Å². The Morgan fingerprint density at radius 2 is 2.02 bits per heavy atom. The number of hydrogen-bond donors (Lipinski definition) is 2. The number of anilines is 2. The zero-order valence-electron chi connectivity index (χ0n) is 23.3. The number of fused-ring (bicyclic) bond motifs is 4. The van der Waals surface area contributed by atoms with Crippen LogP contribution < -0.4 is 15.6 Å². The number of rotatable bonds is 6. The highest BCUT2D eigenvalue weighted by atomic mass is 35.5. The van der Waals surface area contributed by atoms with Crippen molar-refractivity contribution in [3.8, 4) is 22.3 Å². The number of nitrogens with zero attached hydrogens (tertiary/aromatic N) is 5. The van der Waals surface area contributed by atoms with Crippen LogP contribution in [-0.2, 0) is 13.5 Å². The van der Waals surface area contributed by atoms with Crippen molar-refractivity contribution in [2.45, 2.75) is 12.8 Å². The van der Waals surface area contributed by atoms with E-state index in [1.807, 2.05) is 0 Å². The number of carboxylic acid groups (broad SMARTS) is 1. The fourth-order valence-corrected chi connectivity index (χ4v) is 6.60. The van der Waals surface area contributed by atoms with Gasteiger partial charge in [-0.25, -0.2) is 14.2 Å². The van der Waals surface area contributed by atoms with Gasteiger partial charge >= 0.3 is 5.97 Å². The summed E-state index contributed by atoms with van der Waals surface area (Å²) in [6.45, 7) is 2.50. The highest BCUT2D eigenvalue weighted by Crippen LogP contribution is 2.52. The molecule has 9 nitrogen and oxygen atoms in total. The van der Waals surface area contributed by atoms with Crippen molar-refractivity contribution in [3.05, 3.63) is 68.6 Å². The maximum Gasteiger partial charge on any atom is 0.341 e. The molecule has 1 aromatic carbocycles. The van der Waals surface area contributed by atoms with Gasteiger partial charge in [-0.05, 0) is 44.1 Å². The Hall–Kier alpha value is -4.02. The van der Waals surface area contributed by atoms with Crippen molar-refractivity contribution in [2.24, 2.45) is 13.0 Å². The Kier molecular flexibility index (Phi) is 6.70. The molecule has 1 aliphatic heterocycles. The Morgan fingerprint density at radius 3 is 2.73 bits per heavy atom. The number of nitrogens with one attached hydrogen (secondary N) is 1. The van der Waals surface area contributed by atoms with Gasteiger partial charge in [0.05, 0.1) is 21.8 Å². The Balaban J connectivity index is 1.62. The van der Waals surface area contributed by atoms with Gasteiger partial charge in [0, 0.05) is 86.7 Å². The van der Waals surface area contributed by atoms with Crippen LogP contribution in [0.3, 0.4) is 0 Å². The molecule has 0 radical (unpaired) electrons. The Bertz CT molecular complexity index is 1800. The lowest BCUT2D eigenvalue weighted by Crippen LogP contribution is -2.26. The lowest BCUT2D eigenvalue weighted by molar-refractivity contribution is 0.0695. The molecule has 1 fully saturated rings. The van der Waals surface area contributed by atoms with Crippen LogP contribution in [0.15, 0.2) is 35.5 Å². The van der Waals surface area contributed by atoms with Crippen LogP contribution in [0.1, 0.15) is 28.0 Å². The van der Waals surface area contributed by atoms with Gasteiger partial charge in [-0.2, -0.15) is 0 Å². The van der Waals surface area contributed by atoms with Crippen molar-refractivity contribution < 1.29 is 14.3 Å². The second-order valence-electron chi connectivity index (χ2n) is 11.1. The summed E-state index contributed by atoms with van der Waals surface area (Å²) in [5, 5.41) is 13.0. The van der Waals surface area contributed by atoms with Crippen LogP contribution in [-0.4, -0.2) is 71.3 Å². The number of aromatic nitrogens is 3. The molecule has 0 saturated carbocycles. The summed E-state index contributed by atoms with van der Waals surface area (Å²) in [4.78, 5) is 38.8. The zero-order chi connectivity index (χ0) is 29.2. The van der Waals surface area contributed by atoms with Gasteiger partial charge in [0.15, 0.2) is 0 Å². The summed E-state index contributed by atoms with van der Waals surface area (Å²) >= 11 is 6.67. The van der Waals surface area contributed by atoms with E-state index in [1.165, 1.54) is 16.8 Å². The first-order valence-corrected chi connectivity index (χ1v) is 13.8. The number of aryl methyl sites for hydroxylation is 1. The zero-order valence-corrected chi connectivity index (χ0v) is 24.0. The smallest absolute Gasteiger partial charge is 0.341 e. The number of aromatic carboxylic acids is 1. The molecule has 212 valence electrons. The van der Waals surface area contributed by atoms with Gasteiger partial charge in [0.2, 0.25) is 5.43 Å². The van der Waals surface area contributed by atoms with E-state index >= 15 is 4.39 Å². The Morgan fingerprint density at radius 1 is 1.24 bits per heavy atom. The van der Waals surface area contributed by atoms with Gasteiger partial charge in [0.25, 0.3) is 0 Å². The summed E-state index contributed by atoms with van der Waals surface area (Å²) in [6.07, 6.45) is 6.21. The molecule has 0 amide bonds. The quantitative estimate of drug-likeness (QED) is 0.305.